The Balaban J connectivity index is 1.38. The summed E-state index contributed by atoms with van der Waals surface area (Å²) in [6.45, 7) is 4.40. The normalized spacial score (nSPS) is 17.4. The number of fused-ring (bicyclic) bond motifs is 1. The van der Waals surface area contributed by atoms with Crippen LogP contribution in [-0.2, 0) is 29.4 Å². The zero-order valence-corrected chi connectivity index (χ0v) is 20.6. The van der Waals surface area contributed by atoms with Crippen LogP contribution in [0.4, 0.5) is 13.2 Å². The maximum atomic E-state index is 13.1. The van der Waals surface area contributed by atoms with Crippen LogP contribution in [-0.4, -0.2) is 32.4 Å². The molecule has 0 spiro atoms. The van der Waals surface area contributed by atoms with E-state index in [0.29, 0.717) is 29.4 Å². The van der Waals surface area contributed by atoms with Crippen molar-refractivity contribution >= 4 is 5.91 Å². The van der Waals surface area contributed by atoms with Crippen LogP contribution in [0.3, 0.4) is 0 Å². The van der Waals surface area contributed by atoms with E-state index in [9.17, 15) is 27.9 Å². The highest BCUT2D eigenvalue weighted by Crippen LogP contribution is 2.52. The lowest BCUT2D eigenvalue weighted by Crippen LogP contribution is -2.42. The first-order chi connectivity index (χ1) is 17.5. The van der Waals surface area contributed by atoms with E-state index in [1.807, 2.05) is 6.07 Å². The number of aliphatic hydroxyl groups excluding tert-OH is 1. The summed E-state index contributed by atoms with van der Waals surface area (Å²) in [5.41, 5.74) is 1.54. The molecule has 6 nitrogen and oxygen atoms in total. The minimum absolute atomic E-state index is 0.0668. The molecule has 1 atom stereocenters. The maximum Gasteiger partial charge on any atom is 0.416 e. The van der Waals surface area contributed by atoms with Gasteiger partial charge in [-0.1, -0.05) is 50.2 Å². The number of hydrogen-bond donors (Lipinski definition) is 2. The number of carbonyl (C=O) groups excluding carboxylic acids is 1. The summed E-state index contributed by atoms with van der Waals surface area (Å²) in [6, 6.07) is 12.4. The van der Waals surface area contributed by atoms with Crippen molar-refractivity contribution in [1.29, 1.82) is 0 Å². The standard InChI is InChI=1S/C28H28F3N3O3/c1-16(2)17-5-3-7-19(13-17)27(10-11-27)26-32-22-9-12-34(15-21(22)24(36)33-26)25(37)23(35)18-6-4-8-20(14-18)28(29,30)31/h3-8,13-14,16,23,35H,9-12,15H2,1-2H3,(H,32,33,36)/t23-/m1/s1. The van der Waals surface area contributed by atoms with E-state index in [1.54, 1.807) is 0 Å². The van der Waals surface area contributed by atoms with Gasteiger partial charge >= 0.3 is 6.18 Å². The number of aromatic amines is 1. The van der Waals surface area contributed by atoms with E-state index in [4.69, 9.17) is 4.98 Å². The minimum atomic E-state index is -4.59. The number of hydrogen-bond acceptors (Lipinski definition) is 4. The average molecular weight is 512 g/mol. The molecule has 1 amide bonds. The fourth-order valence-electron chi connectivity index (χ4n) is 5.02. The SMILES string of the molecule is CC(C)c1cccc(C2(c3nc4c(c(=O)[nH]3)CN(C(=O)[C@H](O)c3cccc(C(F)(F)F)c3)CC4)CC2)c1. The van der Waals surface area contributed by atoms with Crippen molar-refractivity contribution in [1.82, 2.24) is 14.9 Å². The predicted molar refractivity (Wildman–Crippen MR) is 131 cm³/mol. The van der Waals surface area contributed by atoms with Crippen molar-refractivity contribution in [2.24, 2.45) is 0 Å². The Morgan fingerprint density at radius 3 is 2.49 bits per heavy atom. The zero-order valence-electron chi connectivity index (χ0n) is 20.6. The molecule has 3 aromatic rings. The Hall–Kier alpha value is -3.46. The van der Waals surface area contributed by atoms with Gasteiger partial charge in [0.05, 0.1) is 28.8 Å². The van der Waals surface area contributed by atoms with Crippen LogP contribution in [0.15, 0.2) is 53.3 Å². The molecular weight excluding hydrogens is 483 g/mol. The molecule has 1 saturated carbocycles. The molecule has 5 rings (SSSR count). The highest BCUT2D eigenvalue weighted by atomic mass is 19.4. The number of carbonyl (C=O) groups is 1. The van der Waals surface area contributed by atoms with Crippen LogP contribution in [0.25, 0.3) is 0 Å². The van der Waals surface area contributed by atoms with Crippen LogP contribution in [0.2, 0.25) is 0 Å². The number of halogens is 3. The third-order valence-corrected chi connectivity index (χ3v) is 7.45. The highest BCUT2D eigenvalue weighted by Gasteiger charge is 2.49. The van der Waals surface area contributed by atoms with Gasteiger partial charge in [-0.25, -0.2) is 4.98 Å². The molecule has 2 aromatic carbocycles. The van der Waals surface area contributed by atoms with Crippen LogP contribution in [0.1, 0.15) is 78.0 Å². The Morgan fingerprint density at radius 2 is 1.81 bits per heavy atom. The number of nitrogens with one attached hydrogen (secondary N) is 1. The second-order valence-corrected chi connectivity index (χ2v) is 10.2. The van der Waals surface area contributed by atoms with E-state index >= 15 is 0 Å². The molecule has 1 aliphatic heterocycles. The molecule has 0 radical (unpaired) electrons. The van der Waals surface area contributed by atoms with E-state index in [0.717, 1.165) is 36.6 Å². The Morgan fingerprint density at radius 1 is 1.11 bits per heavy atom. The highest BCUT2D eigenvalue weighted by molar-refractivity contribution is 5.82. The lowest BCUT2D eigenvalue weighted by atomic mass is 9.90. The number of amides is 1. The molecule has 2 aliphatic rings. The second kappa shape index (κ2) is 9.13. The van der Waals surface area contributed by atoms with Crippen LogP contribution in [0, 0.1) is 0 Å². The van der Waals surface area contributed by atoms with Crippen molar-refractivity contribution in [3.8, 4) is 0 Å². The van der Waals surface area contributed by atoms with Gasteiger partial charge < -0.3 is 15.0 Å². The fraction of sp³-hybridized carbons (Fsp3) is 0.393. The van der Waals surface area contributed by atoms with Gasteiger partial charge in [0.2, 0.25) is 0 Å². The van der Waals surface area contributed by atoms with Gasteiger partial charge in [-0.2, -0.15) is 13.2 Å². The van der Waals surface area contributed by atoms with E-state index in [2.05, 4.69) is 37.0 Å². The number of rotatable bonds is 5. The second-order valence-electron chi connectivity index (χ2n) is 10.2. The zero-order chi connectivity index (χ0) is 26.5. The van der Waals surface area contributed by atoms with Crippen molar-refractivity contribution < 1.29 is 23.1 Å². The average Bonchev–Trinajstić information content (AvgIpc) is 3.69. The molecule has 2 heterocycles. The molecule has 9 heteroatoms. The first-order valence-corrected chi connectivity index (χ1v) is 12.4. The molecule has 1 aliphatic carbocycles. The fourth-order valence-corrected chi connectivity index (χ4v) is 5.02. The van der Waals surface area contributed by atoms with Gasteiger partial charge in [0.1, 0.15) is 5.82 Å². The number of H-pyrrole nitrogens is 1. The quantitative estimate of drug-likeness (QED) is 0.524. The van der Waals surface area contributed by atoms with Crippen LogP contribution >= 0.6 is 0 Å². The van der Waals surface area contributed by atoms with Crippen molar-refractivity contribution in [2.75, 3.05) is 6.54 Å². The van der Waals surface area contributed by atoms with Gasteiger partial charge in [0.15, 0.2) is 6.10 Å². The van der Waals surface area contributed by atoms with Crippen molar-refractivity contribution in [2.45, 2.75) is 63.3 Å². The first-order valence-electron chi connectivity index (χ1n) is 12.4. The summed E-state index contributed by atoms with van der Waals surface area (Å²) in [5, 5.41) is 10.5. The summed E-state index contributed by atoms with van der Waals surface area (Å²) in [7, 11) is 0. The van der Waals surface area contributed by atoms with E-state index in [1.165, 1.54) is 16.5 Å². The van der Waals surface area contributed by atoms with Gasteiger partial charge in [0, 0.05) is 13.0 Å². The molecule has 1 aromatic heterocycles. The maximum absolute atomic E-state index is 13.1. The third kappa shape index (κ3) is 4.68. The predicted octanol–water partition coefficient (Wildman–Crippen LogP) is 4.61. The monoisotopic (exact) mass is 511 g/mol. The molecule has 0 unspecified atom stereocenters. The summed E-state index contributed by atoms with van der Waals surface area (Å²) < 4.78 is 39.2. The van der Waals surface area contributed by atoms with E-state index < -0.39 is 23.8 Å². The van der Waals surface area contributed by atoms with Gasteiger partial charge in [-0.15, -0.1) is 0 Å². The molecule has 194 valence electrons. The number of nitrogens with zero attached hydrogens (tertiary/aromatic N) is 2. The van der Waals surface area contributed by atoms with Gasteiger partial charge in [0.25, 0.3) is 11.5 Å². The number of benzene rings is 2. The van der Waals surface area contributed by atoms with Crippen molar-refractivity contribution in [3.05, 3.63) is 98.2 Å². The molecule has 37 heavy (non-hydrogen) atoms. The van der Waals surface area contributed by atoms with E-state index in [-0.39, 0.29) is 29.6 Å². The summed E-state index contributed by atoms with van der Waals surface area (Å²) in [6.07, 6.45) is -4.28. The lowest BCUT2D eigenvalue weighted by molar-refractivity contribution is -0.142. The smallest absolute Gasteiger partial charge is 0.378 e. The Kier molecular flexibility index (Phi) is 6.22. The Bertz CT molecular complexity index is 1410. The molecule has 2 N–H and O–H groups in total. The molecular formula is C28H28F3N3O3. The Labute approximate surface area is 212 Å². The van der Waals surface area contributed by atoms with Gasteiger partial charge in [-0.3, -0.25) is 9.59 Å². The molecule has 0 saturated heterocycles. The van der Waals surface area contributed by atoms with Crippen LogP contribution < -0.4 is 5.56 Å². The van der Waals surface area contributed by atoms with Crippen LogP contribution in [0.5, 0.6) is 0 Å². The molecule has 1 fully saturated rings. The lowest BCUT2D eigenvalue weighted by Gasteiger charge is -2.30. The minimum Gasteiger partial charge on any atom is -0.378 e. The number of aromatic nitrogens is 2. The number of aliphatic hydroxyl groups is 1. The summed E-state index contributed by atoms with van der Waals surface area (Å²) >= 11 is 0. The molecule has 0 bridgehead atoms. The topological polar surface area (TPSA) is 86.3 Å². The van der Waals surface area contributed by atoms with Gasteiger partial charge in [-0.05, 0) is 47.6 Å². The largest absolute Gasteiger partial charge is 0.416 e. The first kappa shape index (κ1) is 25.2. The third-order valence-electron chi connectivity index (χ3n) is 7.45. The summed E-state index contributed by atoms with van der Waals surface area (Å²) in [4.78, 5) is 35.1. The summed E-state index contributed by atoms with van der Waals surface area (Å²) in [5.74, 6) is 0.250. The van der Waals surface area contributed by atoms with Crippen molar-refractivity contribution in [3.63, 3.8) is 0 Å². The number of alkyl halides is 3.